The molecule has 4 heteroatoms. The lowest BCUT2D eigenvalue weighted by Gasteiger charge is -2.16. The molecule has 0 radical (unpaired) electrons. The monoisotopic (exact) mass is 216 g/mol. The maximum Gasteiger partial charge on any atom is 0.303 e. The van der Waals surface area contributed by atoms with Gasteiger partial charge in [0.1, 0.15) is 12.7 Å². The Bertz CT molecular complexity index is 201. The highest BCUT2D eigenvalue weighted by atomic mass is 16.6. The van der Waals surface area contributed by atoms with Crippen LogP contribution in [0.3, 0.4) is 0 Å². The predicted molar refractivity (Wildman–Crippen MR) is 56.3 cm³/mol. The number of esters is 2. The summed E-state index contributed by atoms with van der Waals surface area (Å²) in [6.07, 6.45) is 3.65. The minimum absolute atomic E-state index is 0.165. The maximum absolute atomic E-state index is 10.8. The number of hydrogen-bond donors (Lipinski definition) is 0. The molecule has 0 fully saturated rings. The summed E-state index contributed by atoms with van der Waals surface area (Å²) >= 11 is 0. The Labute approximate surface area is 90.9 Å². The first kappa shape index (κ1) is 13.9. The molecule has 1 atom stereocenters. The topological polar surface area (TPSA) is 52.6 Å². The van der Waals surface area contributed by atoms with Crippen molar-refractivity contribution in [3.05, 3.63) is 0 Å². The zero-order valence-electron chi connectivity index (χ0n) is 9.75. The van der Waals surface area contributed by atoms with E-state index >= 15 is 0 Å². The summed E-state index contributed by atoms with van der Waals surface area (Å²) < 4.78 is 9.85. The molecule has 0 aromatic rings. The van der Waals surface area contributed by atoms with Crippen LogP contribution in [0, 0.1) is 0 Å². The van der Waals surface area contributed by atoms with Crippen LogP contribution in [0.15, 0.2) is 0 Å². The van der Waals surface area contributed by atoms with Gasteiger partial charge in [-0.1, -0.05) is 19.8 Å². The molecule has 0 aromatic carbocycles. The zero-order valence-corrected chi connectivity index (χ0v) is 9.75. The number of unbranched alkanes of at least 4 members (excludes halogenated alkanes) is 2. The Kier molecular flexibility index (Phi) is 7.68. The standard InChI is InChI=1S/C11H20O4/c1-4-5-6-7-11(15-10(3)13)8-14-9(2)12/h11H,4-8H2,1-3H3. The van der Waals surface area contributed by atoms with Crippen molar-refractivity contribution in [2.24, 2.45) is 0 Å². The molecule has 0 N–H and O–H groups in total. The van der Waals surface area contributed by atoms with Crippen LogP contribution in [0.4, 0.5) is 0 Å². The van der Waals surface area contributed by atoms with Gasteiger partial charge >= 0.3 is 11.9 Å². The van der Waals surface area contributed by atoms with Crippen molar-refractivity contribution in [1.82, 2.24) is 0 Å². The molecule has 4 nitrogen and oxygen atoms in total. The largest absolute Gasteiger partial charge is 0.462 e. The van der Waals surface area contributed by atoms with E-state index in [1.807, 2.05) is 0 Å². The highest BCUT2D eigenvalue weighted by Gasteiger charge is 2.13. The van der Waals surface area contributed by atoms with Crippen LogP contribution >= 0.6 is 0 Å². The molecular formula is C11H20O4. The van der Waals surface area contributed by atoms with E-state index in [0.29, 0.717) is 0 Å². The van der Waals surface area contributed by atoms with Crippen LogP contribution < -0.4 is 0 Å². The van der Waals surface area contributed by atoms with E-state index in [9.17, 15) is 9.59 Å². The van der Waals surface area contributed by atoms with Crippen LogP contribution in [0.25, 0.3) is 0 Å². The van der Waals surface area contributed by atoms with Gasteiger partial charge in [-0.2, -0.15) is 0 Å². The van der Waals surface area contributed by atoms with E-state index in [2.05, 4.69) is 6.92 Å². The van der Waals surface area contributed by atoms with Crippen molar-refractivity contribution in [2.75, 3.05) is 6.61 Å². The van der Waals surface area contributed by atoms with Crippen LogP contribution in [0.1, 0.15) is 46.5 Å². The van der Waals surface area contributed by atoms with E-state index in [1.165, 1.54) is 13.8 Å². The van der Waals surface area contributed by atoms with Crippen molar-refractivity contribution < 1.29 is 19.1 Å². The summed E-state index contributed by atoms with van der Waals surface area (Å²) in [4.78, 5) is 21.4. The van der Waals surface area contributed by atoms with E-state index in [4.69, 9.17) is 9.47 Å². The third-order valence-electron chi connectivity index (χ3n) is 1.93. The molecule has 0 amide bonds. The number of carbonyl (C=O) groups is 2. The zero-order chi connectivity index (χ0) is 11.7. The van der Waals surface area contributed by atoms with Crippen LogP contribution in [0.5, 0.6) is 0 Å². The van der Waals surface area contributed by atoms with Crippen molar-refractivity contribution in [3.63, 3.8) is 0 Å². The fourth-order valence-corrected chi connectivity index (χ4v) is 1.24. The average molecular weight is 216 g/mol. The highest BCUT2D eigenvalue weighted by Crippen LogP contribution is 2.07. The maximum atomic E-state index is 10.8. The first-order valence-electron chi connectivity index (χ1n) is 5.36. The lowest BCUT2D eigenvalue weighted by molar-refractivity contribution is -0.156. The Morgan fingerprint density at radius 3 is 2.27 bits per heavy atom. The van der Waals surface area contributed by atoms with Gasteiger partial charge < -0.3 is 9.47 Å². The number of rotatable bonds is 7. The third kappa shape index (κ3) is 9.25. The molecule has 15 heavy (non-hydrogen) atoms. The summed E-state index contributed by atoms with van der Waals surface area (Å²) in [6, 6.07) is 0. The van der Waals surface area contributed by atoms with Gasteiger partial charge in [-0.25, -0.2) is 0 Å². The SMILES string of the molecule is CCCCCC(COC(C)=O)OC(C)=O. The molecule has 0 aliphatic heterocycles. The molecule has 0 rings (SSSR count). The minimum atomic E-state index is -0.345. The van der Waals surface area contributed by atoms with Gasteiger partial charge in [-0.05, 0) is 12.8 Å². The smallest absolute Gasteiger partial charge is 0.303 e. The van der Waals surface area contributed by atoms with E-state index in [0.717, 1.165) is 25.7 Å². The summed E-state index contributed by atoms with van der Waals surface area (Å²) in [5.41, 5.74) is 0. The molecule has 0 heterocycles. The fourth-order valence-electron chi connectivity index (χ4n) is 1.24. The number of hydrogen-bond acceptors (Lipinski definition) is 4. The van der Waals surface area contributed by atoms with Gasteiger partial charge in [0.25, 0.3) is 0 Å². The van der Waals surface area contributed by atoms with Gasteiger partial charge in [-0.15, -0.1) is 0 Å². The molecule has 0 spiro atoms. The molecule has 0 saturated carbocycles. The molecule has 0 aromatic heterocycles. The minimum Gasteiger partial charge on any atom is -0.462 e. The summed E-state index contributed by atoms with van der Waals surface area (Å²) in [6.45, 7) is 4.98. The van der Waals surface area contributed by atoms with Crippen molar-refractivity contribution in [3.8, 4) is 0 Å². The summed E-state index contributed by atoms with van der Waals surface area (Å²) in [5.74, 6) is -0.675. The quantitative estimate of drug-likeness (QED) is 0.483. The number of carbonyl (C=O) groups excluding carboxylic acids is 2. The highest BCUT2D eigenvalue weighted by molar-refractivity contribution is 5.67. The Morgan fingerprint density at radius 2 is 1.80 bits per heavy atom. The van der Waals surface area contributed by atoms with Crippen molar-refractivity contribution in [2.45, 2.75) is 52.6 Å². The van der Waals surface area contributed by atoms with Gasteiger partial charge in [0.2, 0.25) is 0 Å². The molecule has 0 aliphatic rings. The molecule has 88 valence electrons. The van der Waals surface area contributed by atoms with E-state index in [-0.39, 0.29) is 24.6 Å². The van der Waals surface area contributed by atoms with Crippen molar-refractivity contribution >= 4 is 11.9 Å². The van der Waals surface area contributed by atoms with Gasteiger partial charge in [0, 0.05) is 13.8 Å². The molecule has 0 aliphatic carbocycles. The van der Waals surface area contributed by atoms with Crippen LogP contribution in [0.2, 0.25) is 0 Å². The third-order valence-corrected chi connectivity index (χ3v) is 1.93. The Hall–Kier alpha value is -1.06. The lowest BCUT2D eigenvalue weighted by atomic mass is 10.1. The van der Waals surface area contributed by atoms with Gasteiger partial charge in [0.05, 0.1) is 0 Å². The van der Waals surface area contributed by atoms with E-state index < -0.39 is 0 Å². The second-order valence-electron chi connectivity index (χ2n) is 3.53. The lowest BCUT2D eigenvalue weighted by Crippen LogP contribution is -2.23. The second-order valence-corrected chi connectivity index (χ2v) is 3.53. The Morgan fingerprint density at radius 1 is 1.13 bits per heavy atom. The fraction of sp³-hybridized carbons (Fsp3) is 0.818. The second kappa shape index (κ2) is 8.26. The van der Waals surface area contributed by atoms with Crippen LogP contribution in [-0.4, -0.2) is 24.6 Å². The first-order chi connectivity index (χ1) is 7.06. The molecule has 0 bridgehead atoms. The average Bonchev–Trinajstić information content (AvgIpc) is 2.13. The predicted octanol–water partition coefficient (Wildman–Crippen LogP) is 2.06. The van der Waals surface area contributed by atoms with Gasteiger partial charge in [-0.3, -0.25) is 9.59 Å². The summed E-state index contributed by atoms with van der Waals surface area (Å²) in [5, 5.41) is 0. The summed E-state index contributed by atoms with van der Waals surface area (Å²) in [7, 11) is 0. The first-order valence-corrected chi connectivity index (χ1v) is 5.36. The Balaban J connectivity index is 3.83. The molecule has 1 unspecified atom stereocenters. The van der Waals surface area contributed by atoms with E-state index in [1.54, 1.807) is 0 Å². The normalized spacial score (nSPS) is 11.9. The molecular weight excluding hydrogens is 196 g/mol. The number of ether oxygens (including phenoxy) is 2. The van der Waals surface area contributed by atoms with Gasteiger partial charge in [0.15, 0.2) is 0 Å². The van der Waals surface area contributed by atoms with Crippen LogP contribution in [-0.2, 0) is 19.1 Å². The van der Waals surface area contributed by atoms with Crippen molar-refractivity contribution in [1.29, 1.82) is 0 Å². The molecule has 0 saturated heterocycles.